The number of aryl methyl sites for hydroxylation is 2. The maximum atomic E-state index is 13.6. The minimum Gasteiger partial charge on any atom is -0.493 e. The summed E-state index contributed by atoms with van der Waals surface area (Å²) in [6.07, 6.45) is 0.821. The molecule has 0 atom stereocenters. The van der Waals surface area contributed by atoms with E-state index in [1.165, 1.54) is 6.07 Å². The van der Waals surface area contributed by atoms with E-state index in [4.69, 9.17) is 9.47 Å². The molecule has 33 heavy (non-hydrogen) atoms. The summed E-state index contributed by atoms with van der Waals surface area (Å²) in [4.78, 5) is 16.4. The number of halogens is 2. The smallest absolute Gasteiger partial charge is 0.251 e. The Morgan fingerprint density at radius 3 is 2.48 bits per heavy atom. The molecule has 2 aromatic rings. The molecule has 0 aromatic heterocycles. The number of nitrogens with one attached hydrogen (secondary N) is 3. The molecule has 7 nitrogen and oxygen atoms in total. The van der Waals surface area contributed by atoms with E-state index in [-0.39, 0.29) is 29.9 Å². The first-order valence-corrected chi connectivity index (χ1v) is 10.6. The van der Waals surface area contributed by atoms with Crippen molar-refractivity contribution in [1.29, 1.82) is 0 Å². The van der Waals surface area contributed by atoms with Crippen molar-refractivity contribution in [2.45, 2.75) is 26.8 Å². The first-order chi connectivity index (χ1) is 15.4. The van der Waals surface area contributed by atoms with Crippen molar-refractivity contribution in [3.8, 4) is 5.75 Å². The van der Waals surface area contributed by atoms with E-state index in [9.17, 15) is 9.18 Å². The van der Waals surface area contributed by atoms with Gasteiger partial charge in [-0.25, -0.2) is 4.39 Å². The van der Waals surface area contributed by atoms with Gasteiger partial charge in [-0.15, -0.1) is 24.0 Å². The van der Waals surface area contributed by atoms with Gasteiger partial charge in [-0.2, -0.15) is 0 Å². The lowest BCUT2D eigenvalue weighted by Crippen LogP contribution is -2.41. The van der Waals surface area contributed by atoms with Crippen molar-refractivity contribution in [1.82, 2.24) is 16.0 Å². The van der Waals surface area contributed by atoms with Crippen molar-refractivity contribution in [3.63, 3.8) is 0 Å². The molecule has 2 rings (SSSR count). The molecule has 0 aliphatic carbocycles. The summed E-state index contributed by atoms with van der Waals surface area (Å²) in [6, 6.07) is 10.5. The molecule has 2 aromatic carbocycles. The molecule has 0 saturated heterocycles. The number of benzene rings is 2. The summed E-state index contributed by atoms with van der Waals surface area (Å²) in [5.74, 6) is 0.732. The first-order valence-electron chi connectivity index (χ1n) is 10.6. The topological polar surface area (TPSA) is 84.0 Å². The van der Waals surface area contributed by atoms with Crippen LogP contribution in [-0.2, 0) is 11.3 Å². The third kappa shape index (κ3) is 9.95. The molecule has 0 radical (unpaired) electrons. The number of methoxy groups -OCH3 is 1. The SMILES string of the molecule is CN=C(NCCNC(=O)c1ccc(C)c(F)c1)NCc1ccc(C)cc1OCCCOC.I. The maximum absolute atomic E-state index is 13.6. The first kappa shape index (κ1) is 28.6. The van der Waals surface area contributed by atoms with Gasteiger partial charge in [-0.3, -0.25) is 9.79 Å². The van der Waals surface area contributed by atoms with Crippen LogP contribution >= 0.6 is 24.0 Å². The highest BCUT2D eigenvalue weighted by Crippen LogP contribution is 2.20. The molecule has 9 heteroatoms. The van der Waals surface area contributed by atoms with E-state index in [0.717, 1.165) is 23.3 Å². The van der Waals surface area contributed by atoms with Gasteiger partial charge >= 0.3 is 0 Å². The van der Waals surface area contributed by atoms with E-state index in [1.807, 2.05) is 25.1 Å². The predicted octanol–water partition coefficient (Wildman–Crippen LogP) is 3.57. The molecular weight excluding hydrogens is 538 g/mol. The molecule has 1 amide bonds. The number of rotatable bonds is 11. The van der Waals surface area contributed by atoms with Crippen molar-refractivity contribution < 1.29 is 18.7 Å². The Hall–Kier alpha value is -2.40. The minimum absolute atomic E-state index is 0. The summed E-state index contributed by atoms with van der Waals surface area (Å²) < 4.78 is 24.6. The summed E-state index contributed by atoms with van der Waals surface area (Å²) in [6.45, 7) is 6.30. The number of amides is 1. The average Bonchev–Trinajstić information content (AvgIpc) is 2.78. The van der Waals surface area contributed by atoms with E-state index in [1.54, 1.807) is 33.2 Å². The Labute approximate surface area is 212 Å². The van der Waals surface area contributed by atoms with Crippen LogP contribution in [0.15, 0.2) is 41.4 Å². The number of carbonyl (C=O) groups is 1. The normalized spacial score (nSPS) is 10.9. The van der Waals surface area contributed by atoms with Crippen molar-refractivity contribution in [2.24, 2.45) is 4.99 Å². The van der Waals surface area contributed by atoms with Gasteiger partial charge < -0.3 is 25.4 Å². The molecule has 0 heterocycles. The summed E-state index contributed by atoms with van der Waals surface area (Å²) >= 11 is 0. The zero-order valence-corrected chi connectivity index (χ0v) is 22.0. The maximum Gasteiger partial charge on any atom is 0.251 e. The molecule has 0 aliphatic heterocycles. The second-order valence-corrected chi connectivity index (χ2v) is 7.38. The quantitative estimate of drug-likeness (QED) is 0.166. The van der Waals surface area contributed by atoms with Crippen LogP contribution in [0.5, 0.6) is 5.75 Å². The number of ether oxygens (including phenoxy) is 2. The van der Waals surface area contributed by atoms with Gasteiger partial charge in [0.25, 0.3) is 5.91 Å². The van der Waals surface area contributed by atoms with Crippen LogP contribution in [0.25, 0.3) is 0 Å². The van der Waals surface area contributed by atoms with Gasteiger partial charge in [0.1, 0.15) is 11.6 Å². The van der Waals surface area contributed by atoms with Crippen LogP contribution in [0.2, 0.25) is 0 Å². The Kier molecular flexibility index (Phi) is 13.4. The van der Waals surface area contributed by atoms with Crippen molar-refractivity contribution in [2.75, 3.05) is 40.5 Å². The Balaban J connectivity index is 0.00000544. The minimum atomic E-state index is -0.390. The Morgan fingerprint density at radius 1 is 1.03 bits per heavy atom. The van der Waals surface area contributed by atoms with Gasteiger partial charge in [0.15, 0.2) is 5.96 Å². The number of hydrogen-bond acceptors (Lipinski definition) is 4. The standard InChI is InChI=1S/C24H33FN4O3.HI/c1-17-6-8-20(22(14-17)32-13-5-12-31-4)16-29-24(26-3)28-11-10-27-23(30)19-9-7-18(2)21(25)15-19;/h6-9,14-15H,5,10-13,16H2,1-4H3,(H,27,30)(H2,26,28,29);1H. The second-order valence-electron chi connectivity index (χ2n) is 7.38. The van der Waals surface area contributed by atoms with Crippen molar-refractivity contribution >= 4 is 35.8 Å². The van der Waals surface area contributed by atoms with Crippen LogP contribution < -0.4 is 20.7 Å². The molecule has 3 N–H and O–H groups in total. The fourth-order valence-corrected chi connectivity index (χ4v) is 2.92. The highest BCUT2D eigenvalue weighted by Gasteiger charge is 2.09. The number of guanidine groups is 1. The fourth-order valence-electron chi connectivity index (χ4n) is 2.92. The third-order valence-corrected chi connectivity index (χ3v) is 4.78. The predicted molar refractivity (Wildman–Crippen MR) is 140 cm³/mol. The number of carbonyl (C=O) groups excluding carboxylic acids is 1. The van der Waals surface area contributed by atoms with Gasteiger partial charge in [0.2, 0.25) is 0 Å². The van der Waals surface area contributed by atoms with Crippen LogP contribution in [0, 0.1) is 19.7 Å². The largest absolute Gasteiger partial charge is 0.493 e. The monoisotopic (exact) mass is 572 g/mol. The highest BCUT2D eigenvalue weighted by atomic mass is 127. The summed E-state index contributed by atoms with van der Waals surface area (Å²) in [5, 5.41) is 9.17. The zero-order valence-electron chi connectivity index (χ0n) is 19.7. The van der Waals surface area contributed by atoms with E-state index < -0.39 is 5.82 Å². The van der Waals surface area contributed by atoms with Crippen LogP contribution in [0.3, 0.4) is 0 Å². The highest BCUT2D eigenvalue weighted by molar-refractivity contribution is 14.0. The fraction of sp³-hybridized carbons (Fsp3) is 0.417. The van der Waals surface area contributed by atoms with Crippen LogP contribution in [0.1, 0.15) is 33.5 Å². The lowest BCUT2D eigenvalue weighted by Gasteiger charge is -2.16. The lowest BCUT2D eigenvalue weighted by atomic mass is 10.1. The Bertz CT molecular complexity index is 925. The molecule has 182 valence electrons. The molecule has 0 bridgehead atoms. The number of hydrogen-bond donors (Lipinski definition) is 3. The Morgan fingerprint density at radius 2 is 1.79 bits per heavy atom. The van der Waals surface area contributed by atoms with Gasteiger partial charge in [0, 0.05) is 57.9 Å². The van der Waals surface area contributed by atoms with Crippen LogP contribution in [-0.4, -0.2) is 52.3 Å². The molecule has 0 fully saturated rings. The molecular formula is C24H34FIN4O3. The van der Waals surface area contributed by atoms with E-state index in [2.05, 4.69) is 20.9 Å². The number of nitrogens with zero attached hydrogens (tertiary/aromatic N) is 1. The summed E-state index contributed by atoms with van der Waals surface area (Å²) in [5.41, 5.74) is 2.95. The lowest BCUT2D eigenvalue weighted by molar-refractivity contribution is 0.0954. The van der Waals surface area contributed by atoms with E-state index in [0.29, 0.717) is 49.9 Å². The molecule has 0 spiro atoms. The summed E-state index contributed by atoms with van der Waals surface area (Å²) in [7, 11) is 3.36. The van der Waals surface area contributed by atoms with Crippen molar-refractivity contribution in [3.05, 3.63) is 64.5 Å². The number of aliphatic imine (C=N–C) groups is 1. The van der Waals surface area contributed by atoms with Gasteiger partial charge in [-0.1, -0.05) is 18.2 Å². The molecule has 0 unspecified atom stereocenters. The van der Waals surface area contributed by atoms with Gasteiger partial charge in [-0.05, 0) is 43.2 Å². The third-order valence-electron chi connectivity index (χ3n) is 4.78. The van der Waals surface area contributed by atoms with E-state index >= 15 is 0 Å². The molecule has 0 saturated carbocycles. The van der Waals surface area contributed by atoms with Crippen LogP contribution in [0.4, 0.5) is 4.39 Å². The van der Waals surface area contributed by atoms with Gasteiger partial charge in [0.05, 0.1) is 6.61 Å². The average molecular weight is 572 g/mol. The molecule has 0 aliphatic rings. The second kappa shape index (κ2) is 15.4. The zero-order chi connectivity index (χ0) is 23.3.